The Morgan fingerprint density at radius 1 is 1.10 bits per heavy atom. The molecule has 1 amide bonds. The summed E-state index contributed by atoms with van der Waals surface area (Å²) in [5.41, 5.74) is 1.32. The monoisotopic (exact) mass is 461 g/mol. The molecule has 0 atom stereocenters. The number of methoxy groups -OCH3 is 1. The Labute approximate surface area is 179 Å². The van der Waals surface area contributed by atoms with Gasteiger partial charge in [-0.3, -0.25) is 9.59 Å². The number of ether oxygens (including phenoxy) is 3. The number of carbonyl (C=O) groups excluding carboxylic acids is 2. The average molecular weight is 462 g/mol. The molecular weight excluding hydrogens is 438 g/mol. The first kappa shape index (κ1) is 22.5. The molecule has 0 fully saturated rings. The molecule has 2 rings (SSSR count). The van der Waals surface area contributed by atoms with Gasteiger partial charge in [0.2, 0.25) is 0 Å². The molecule has 0 saturated heterocycles. The van der Waals surface area contributed by atoms with Gasteiger partial charge in [-0.15, -0.1) is 0 Å². The van der Waals surface area contributed by atoms with E-state index in [4.69, 9.17) is 14.2 Å². The minimum Gasteiger partial charge on any atom is -0.493 e. The number of rotatable bonds is 9. The molecule has 29 heavy (non-hydrogen) atoms. The number of benzene rings is 2. The van der Waals surface area contributed by atoms with E-state index >= 15 is 0 Å². The summed E-state index contributed by atoms with van der Waals surface area (Å²) in [4.78, 5) is 25.4. The van der Waals surface area contributed by atoms with Crippen molar-refractivity contribution < 1.29 is 23.8 Å². The summed E-state index contributed by atoms with van der Waals surface area (Å²) >= 11 is 3.47. The SMILES string of the molecule is CCOc1c(Br)cc(C=CC(=O)c2ccc(OCC(=O)N(C)C)cc2)cc1OC. The molecule has 154 valence electrons. The summed E-state index contributed by atoms with van der Waals surface area (Å²) in [6.45, 7) is 2.37. The molecule has 6 nitrogen and oxygen atoms in total. The number of hydrogen-bond donors (Lipinski definition) is 0. The number of likely N-dealkylation sites (N-methyl/N-ethyl adjacent to an activating group) is 1. The molecule has 7 heteroatoms. The van der Waals surface area contributed by atoms with Crippen molar-refractivity contribution in [1.29, 1.82) is 0 Å². The van der Waals surface area contributed by atoms with Crippen molar-refractivity contribution in [2.75, 3.05) is 34.4 Å². The standard InChI is InChI=1S/C22H24BrNO5/c1-5-28-22-18(23)12-15(13-20(22)27-4)6-11-19(25)16-7-9-17(10-8-16)29-14-21(26)24(2)3/h6-13H,5,14H2,1-4H3. The number of hydrogen-bond acceptors (Lipinski definition) is 5. The Kier molecular flexibility index (Phi) is 8.27. The van der Waals surface area contributed by atoms with Gasteiger partial charge >= 0.3 is 0 Å². The predicted octanol–water partition coefficient (Wildman–Crippen LogP) is 4.22. The summed E-state index contributed by atoms with van der Waals surface area (Å²) in [6, 6.07) is 10.3. The lowest BCUT2D eigenvalue weighted by molar-refractivity contribution is -0.130. The second-order valence-electron chi connectivity index (χ2n) is 6.27. The van der Waals surface area contributed by atoms with Crippen molar-refractivity contribution in [3.63, 3.8) is 0 Å². The Morgan fingerprint density at radius 2 is 1.79 bits per heavy atom. The van der Waals surface area contributed by atoms with Crippen LogP contribution in [0.2, 0.25) is 0 Å². The van der Waals surface area contributed by atoms with Crippen LogP contribution in [0.25, 0.3) is 6.08 Å². The number of allylic oxidation sites excluding steroid dienone is 1. The van der Waals surface area contributed by atoms with E-state index in [1.165, 1.54) is 11.0 Å². The van der Waals surface area contributed by atoms with E-state index in [0.29, 0.717) is 29.4 Å². The summed E-state index contributed by atoms with van der Waals surface area (Å²) in [6.07, 6.45) is 3.21. The normalized spacial score (nSPS) is 10.7. The lowest BCUT2D eigenvalue weighted by Crippen LogP contribution is -2.27. The van der Waals surface area contributed by atoms with Crippen LogP contribution >= 0.6 is 15.9 Å². The molecule has 0 unspecified atom stereocenters. The molecular formula is C22H24BrNO5. The van der Waals surface area contributed by atoms with Crippen LogP contribution < -0.4 is 14.2 Å². The van der Waals surface area contributed by atoms with E-state index in [9.17, 15) is 9.59 Å². The fourth-order valence-corrected chi connectivity index (χ4v) is 2.95. The third-order valence-corrected chi connectivity index (χ3v) is 4.56. The van der Waals surface area contributed by atoms with Gasteiger partial charge in [0, 0.05) is 19.7 Å². The van der Waals surface area contributed by atoms with Gasteiger partial charge < -0.3 is 19.1 Å². The van der Waals surface area contributed by atoms with Gasteiger partial charge in [0.15, 0.2) is 23.9 Å². The highest BCUT2D eigenvalue weighted by molar-refractivity contribution is 9.10. The Balaban J connectivity index is 2.07. The molecule has 0 aromatic heterocycles. The number of carbonyl (C=O) groups is 2. The van der Waals surface area contributed by atoms with Crippen LogP contribution in [-0.4, -0.2) is 51.0 Å². The zero-order valence-corrected chi connectivity index (χ0v) is 18.5. The molecule has 0 radical (unpaired) electrons. The van der Waals surface area contributed by atoms with Crippen LogP contribution in [0.4, 0.5) is 0 Å². The zero-order valence-electron chi connectivity index (χ0n) is 16.9. The third kappa shape index (κ3) is 6.35. The second-order valence-corrected chi connectivity index (χ2v) is 7.12. The molecule has 0 aliphatic carbocycles. The lowest BCUT2D eigenvalue weighted by atomic mass is 10.1. The first-order chi connectivity index (χ1) is 13.8. The van der Waals surface area contributed by atoms with Crippen molar-refractivity contribution >= 4 is 33.7 Å². The van der Waals surface area contributed by atoms with Crippen molar-refractivity contribution in [3.8, 4) is 17.2 Å². The highest BCUT2D eigenvalue weighted by atomic mass is 79.9. The number of nitrogens with zero attached hydrogens (tertiary/aromatic N) is 1. The van der Waals surface area contributed by atoms with E-state index in [1.54, 1.807) is 57.6 Å². The second kappa shape index (κ2) is 10.7. The first-order valence-electron chi connectivity index (χ1n) is 9.01. The van der Waals surface area contributed by atoms with Gasteiger partial charge in [-0.25, -0.2) is 0 Å². The largest absolute Gasteiger partial charge is 0.493 e. The van der Waals surface area contributed by atoms with Gasteiger partial charge in [0.1, 0.15) is 5.75 Å². The van der Waals surface area contributed by atoms with Gasteiger partial charge in [-0.05, 0) is 70.9 Å². The maximum Gasteiger partial charge on any atom is 0.259 e. The van der Waals surface area contributed by atoms with Gasteiger partial charge in [0.25, 0.3) is 5.91 Å². The topological polar surface area (TPSA) is 65.1 Å². The molecule has 0 N–H and O–H groups in total. The van der Waals surface area contributed by atoms with Crippen LogP contribution in [0.15, 0.2) is 46.9 Å². The Bertz CT molecular complexity index is 891. The molecule has 0 bridgehead atoms. The maximum atomic E-state index is 12.4. The fraction of sp³-hybridized carbons (Fsp3) is 0.273. The van der Waals surface area contributed by atoms with Crippen molar-refractivity contribution in [2.24, 2.45) is 0 Å². The molecule has 2 aromatic carbocycles. The molecule has 0 saturated carbocycles. The maximum absolute atomic E-state index is 12.4. The third-order valence-electron chi connectivity index (χ3n) is 3.97. The summed E-state index contributed by atoms with van der Waals surface area (Å²) < 4.78 is 17.1. The molecule has 0 aliphatic rings. The first-order valence-corrected chi connectivity index (χ1v) is 9.80. The van der Waals surface area contributed by atoms with Gasteiger partial charge in [-0.2, -0.15) is 0 Å². The Hall–Kier alpha value is -2.80. The lowest BCUT2D eigenvalue weighted by Gasteiger charge is -2.12. The number of amides is 1. The highest BCUT2D eigenvalue weighted by Crippen LogP contribution is 2.37. The van der Waals surface area contributed by atoms with Gasteiger partial charge in [-0.1, -0.05) is 6.08 Å². The molecule has 2 aromatic rings. The van der Waals surface area contributed by atoms with E-state index < -0.39 is 0 Å². The van der Waals surface area contributed by atoms with Crippen LogP contribution in [0, 0.1) is 0 Å². The van der Waals surface area contributed by atoms with E-state index in [2.05, 4.69) is 15.9 Å². The van der Waals surface area contributed by atoms with E-state index in [-0.39, 0.29) is 18.3 Å². The molecule has 0 spiro atoms. The zero-order chi connectivity index (χ0) is 21.4. The van der Waals surface area contributed by atoms with Crippen molar-refractivity contribution in [2.45, 2.75) is 6.92 Å². The van der Waals surface area contributed by atoms with Crippen LogP contribution in [0.5, 0.6) is 17.2 Å². The van der Waals surface area contributed by atoms with Crippen LogP contribution in [-0.2, 0) is 4.79 Å². The summed E-state index contributed by atoms with van der Waals surface area (Å²) in [7, 11) is 4.90. The predicted molar refractivity (Wildman–Crippen MR) is 116 cm³/mol. The fourth-order valence-electron chi connectivity index (χ4n) is 2.38. The van der Waals surface area contributed by atoms with Crippen LogP contribution in [0.3, 0.4) is 0 Å². The minimum atomic E-state index is -0.148. The van der Waals surface area contributed by atoms with E-state index in [0.717, 1.165) is 10.0 Å². The smallest absolute Gasteiger partial charge is 0.259 e. The quantitative estimate of drug-likeness (QED) is 0.413. The van der Waals surface area contributed by atoms with Crippen LogP contribution in [0.1, 0.15) is 22.8 Å². The minimum absolute atomic E-state index is 0.0470. The number of halogens is 1. The molecule has 0 aliphatic heterocycles. The molecule has 0 heterocycles. The number of ketones is 1. The van der Waals surface area contributed by atoms with Crippen molar-refractivity contribution in [3.05, 3.63) is 58.1 Å². The van der Waals surface area contributed by atoms with Crippen molar-refractivity contribution in [1.82, 2.24) is 4.90 Å². The summed E-state index contributed by atoms with van der Waals surface area (Å²) in [5, 5.41) is 0. The highest BCUT2D eigenvalue weighted by Gasteiger charge is 2.11. The Morgan fingerprint density at radius 3 is 2.38 bits per heavy atom. The van der Waals surface area contributed by atoms with E-state index in [1.807, 2.05) is 13.0 Å². The van der Waals surface area contributed by atoms with Gasteiger partial charge in [0.05, 0.1) is 18.2 Å². The summed E-state index contributed by atoms with van der Waals surface area (Å²) in [5.74, 6) is 1.46. The average Bonchev–Trinajstić information content (AvgIpc) is 2.72.